The lowest BCUT2D eigenvalue weighted by molar-refractivity contribution is 0.264. The zero-order chi connectivity index (χ0) is 13.2. The summed E-state index contributed by atoms with van der Waals surface area (Å²) >= 11 is 7.71. The van der Waals surface area contributed by atoms with Crippen LogP contribution in [0.3, 0.4) is 0 Å². The van der Waals surface area contributed by atoms with Gasteiger partial charge in [0.05, 0.1) is 30.0 Å². The van der Waals surface area contributed by atoms with Crippen LogP contribution in [0.2, 0.25) is 5.02 Å². The average molecular weight is 284 g/mol. The molecule has 0 bridgehead atoms. The molecule has 6 heteroatoms. The monoisotopic (exact) mass is 283 g/mol. The number of thioether (sulfide) groups is 1. The molecule has 0 atom stereocenters. The van der Waals surface area contributed by atoms with Crippen molar-refractivity contribution in [3.8, 4) is 6.07 Å². The molecule has 0 amide bonds. The Morgan fingerprint density at radius 1 is 1.72 bits per heavy atom. The van der Waals surface area contributed by atoms with Crippen molar-refractivity contribution in [2.45, 2.75) is 5.75 Å². The standard InChI is InChI=1S/C12H14ClN3OS/c1-17-12(4-5-14)16-7-8-18-9-11-10(13)3-2-6-15-11/h2-4,6,16H,7-9H2,1H3/b12-4+. The van der Waals surface area contributed by atoms with Crippen LogP contribution in [0.1, 0.15) is 5.69 Å². The van der Waals surface area contributed by atoms with E-state index in [2.05, 4.69) is 10.3 Å². The number of pyridine rings is 1. The molecule has 4 nitrogen and oxygen atoms in total. The van der Waals surface area contributed by atoms with Gasteiger partial charge in [0.25, 0.3) is 0 Å². The van der Waals surface area contributed by atoms with E-state index in [1.807, 2.05) is 18.2 Å². The first-order chi connectivity index (χ1) is 8.77. The van der Waals surface area contributed by atoms with Gasteiger partial charge in [0.15, 0.2) is 5.88 Å². The fraction of sp³-hybridized carbons (Fsp3) is 0.333. The molecule has 1 heterocycles. The summed E-state index contributed by atoms with van der Waals surface area (Å²) in [6.45, 7) is 0.719. The van der Waals surface area contributed by atoms with Crippen LogP contribution in [0.4, 0.5) is 0 Å². The maximum atomic E-state index is 8.48. The third-order valence-corrected chi connectivity index (χ3v) is 3.35. The van der Waals surface area contributed by atoms with Crippen LogP contribution in [0.15, 0.2) is 30.3 Å². The number of halogens is 1. The first kappa shape index (κ1) is 14.7. The highest BCUT2D eigenvalue weighted by Gasteiger charge is 2.00. The number of ether oxygens (including phenoxy) is 1. The minimum Gasteiger partial charge on any atom is -0.482 e. The van der Waals surface area contributed by atoms with E-state index in [0.29, 0.717) is 10.9 Å². The Kier molecular flexibility index (Phi) is 7.07. The fourth-order valence-electron chi connectivity index (χ4n) is 1.18. The quantitative estimate of drug-likeness (QED) is 0.473. The number of hydrogen-bond acceptors (Lipinski definition) is 5. The molecule has 1 aromatic heterocycles. The van der Waals surface area contributed by atoms with Crippen LogP contribution < -0.4 is 5.32 Å². The second-order valence-corrected chi connectivity index (χ2v) is 4.77. The zero-order valence-electron chi connectivity index (χ0n) is 10.0. The van der Waals surface area contributed by atoms with Gasteiger partial charge in [0, 0.05) is 24.2 Å². The highest BCUT2D eigenvalue weighted by molar-refractivity contribution is 7.98. The third kappa shape index (κ3) is 5.30. The molecule has 0 aliphatic carbocycles. The summed E-state index contributed by atoms with van der Waals surface area (Å²) < 4.78 is 4.96. The van der Waals surface area contributed by atoms with Crippen molar-refractivity contribution in [2.24, 2.45) is 0 Å². The van der Waals surface area contributed by atoms with Crippen molar-refractivity contribution < 1.29 is 4.74 Å². The molecule has 0 saturated carbocycles. The number of rotatable bonds is 7. The molecule has 18 heavy (non-hydrogen) atoms. The first-order valence-corrected chi connectivity index (χ1v) is 6.86. The van der Waals surface area contributed by atoms with Gasteiger partial charge in [0.2, 0.25) is 0 Å². The highest BCUT2D eigenvalue weighted by atomic mass is 35.5. The molecule has 1 N–H and O–H groups in total. The van der Waals surface area contributed by atoms with Gasteiger partial charge in [-0.15, -0.1) is 0 Å². The van der Waals surface area contributed by atoms with Crippen LogP contribution in [0, 0.1) is 11.3 Å². The second kappa shape index (κ2) is 8.67. The summed E-state index contributed by atoms with van der Waals surface area (Å²) in [7, 11) is 1.52. The van der Waals surface area contributed by atoms with Gasteiger partial charge in [-0.05, 0) is 12.1 Å². The zero-order valence-corrected chi connectivity index (χ0v) is 11.6. The number of allylic oxidation sites excluding steroid dienone is 1. The van der Waals surface area contributed by atoms with Crippen molar-refractivity contribution >= 4 is 23.4 Å². The lowest BCUT2D eigenvalue weighted by Gasteiger charge is -2.08. The van der Waals surface area contributed by atoms with E-state index in [0.717, 1.165) is 23.7 Å². The topological polar surface area (TPSA) is 57.9 Å². The molecular formula is C12H14ClN3OS. The Morgan fingerprint density at radius 3 is 3.22 bits per heavy atom. The Balaban J connectivity index is 2.22. The van der Waals surface area contributed by atoms with E-state index >= 15 is 0 Å². The van der Waals surface area contributed by atoms with E-state index in [9.17, 15) is 0 Å². The van der Waals surface area contributed by atoms with Gasteiger partial charge in [-0.1, -0.05) is 11.6 Å². The van der Waals surface area contributed by atoms with Crippen molar-refractivity contribution in [3.63, 3.8) is 0 Å². The van der Waals surface area contributed by atoms with E-state index in [4.69, 9.17) is 21.6 Å². The predicted molar refractivity (Wildman–Crippen MR) is 74.1 cm³/mol. The largest absolute Gasteiger partial charge is 0.482 e. The van der Waals surface area contributed by atoms with Crippen molar-refractivity contribution in [1.29, 1.82) is 5.26 Å². The van der Waals surface area contributed by atoms with E-state index in [-0.39, 0.29) is 0 Å². The molecule has 0 aromatic carbocycles. The number of nitriles is 1. The van der Waals surface area contributed by atoms with E-state index in [1.165, 1.54) is 13.2 Å². The van der Waals surface area contributed by atoms with Crippen LogP contribution in [-0.4, -0.2) is 24.4 Å². The molecule has 0 aliphatic rings. The predicted octanol–water partition coefficient (Wildman–Crippen LogP) is 2.57. The number of aromatic nitrogens is 1. The van der Waals surface area contributed by atoms with Crippen LogP contribution in [-0.2, 0) is 10.5 Å². The van der Waals surface area contributed by atoms with Gasteiger partial charge in [-0.2, -0.15) is 17.0 Å². The molecule has 0 saturated heterocycles. The van der Waals surface area contributed by atoms with E-state index in [1.54, 1.807) is 18.0 Å². The van der Waals surface area contributed by atoms with Crippen LogP contribution in [0.5, 0.6) is 0 Å². The molecular weight excluding hydrogens is 270 g/mol. The summed E-state index contributed by atoms with van der Waals surface area (Å²) in [5.41, 5.74) is 0.892. The lowest BCUT2D eigenvalue weighted by atomic mass is 10.4. The smallest absolute Gasteiger partial charge is 0.197 e. The average Bonchev–Trinajstić information content (AvgIpc) is 2.39. The normalized spacial score (nSPS) is 10.8. The summed E-state index contributed by atoms with van der Waals surface area (Å²) in [6.07, 6.45) is 3.07. The molecule has 0 unspecified atom stereocenters. The van der Waals surface area contributed by atoms with Gasteiger partial charge in [-0.3, -0.25) is 4.98 Å². The Morgan fingerprint density at radius 2 is 2.56 bits per heavy atom. The Bertz CT molecular complexity index is 445. The van der Waals surface area contributed by atoms with Crippen molar-refractivity contribution in [2.75, 3.05) is 19.4 Å². The molecule has 0 fully saturated rings. The maximum Gasteiger partial charge on any atom is 0.197 e. The minimum absolute atomic E-state index is 0.481. The summed E-state index contributed by atoms with van der Waals surface area (Å²) in [6, 6.07) is 5.56. The van der Waals surface area contributed by atoms with Crippen molar-refractivity contribution in [3.05, 3.63) is 41.0 Å². The van der Waals surface area contributed by atoms with Gasteiger partial charge < -0.3 is 10.1 Å². The lowest BCUT2D eigenvalue weighted by Crippen LogP contribution is -2.17. The Hall–Kier alpha value is -1.38. The van der Waals surface area contributed by atoms with Crippen LogP contribution >= 0.6 is 23.4 Å². The number of methoxy groups -OCH3 is 1. The molecule has 1 aromatic rings. The molecule has 96 valence electrons. The van der Waals surface area contributed by atoms with Crippen LogP contribution in [0.25, 0.3) is 0 Å². The molecule has 0 aliphatic heterocycles. The van der Waals surface area contributed by atoms with Gasteiger partial charge in [0.1, 0.15) is 0 Å². The third-order valence-electron chi connectivity index (χ3n) is 2.03. The number of hydrogen-bond donors (Lipinski definition) is 1. The van der Waals surface area contributed by atoms with E-state index < -0.39 is 0 Å². The molecule has 0 spiro atoms. The number of nitrogens with one attached hydrogen (secondary N) is 1. The highest BCUT2D eigenvalue weighted by Crippen LogP contribution is 2.17. The second-order valence-electron chi connectivity index (χ2n) is 3.25. The summed E-state index contributed by atoms with van der Waals surface area (Å²) in [4.78, 5) is 4.20. The van der Waals surface area contributed by atoms with Gasteiger partial charge >= 0.3 is 0 Å². The Labute approximate surface area is 116 Å². The molecule has 1 rings (SSSR count). The summed E-state index contributed by atoms with van der Waals surface area (Å²) in [5.74, 6) is 2.12. The first-order valence-electron chi connectivity index (χ1n) is 5.32. The van der Waals surface area contributed by atoms with Gasteiger partial charge in [-0.25, -0.2) is 0 Å². The molecule has 0 radical (unpaired) electrons. The SMILES string of the molecule is CO/C(=C/C#N)NCCSCc1ncccc1Cl. The number of nitrogens with zero attached hydrogens (tertiary/aromatic N) is 2. The fourth-order valence-corrected chi connectivity index (χ4v) is 2.26. The van der Waals surface area contributed by atoms with Crippen molar-refractivity contribution in [1.82, 2.24) is 10.3 Å². The summed E-state index contributed by atoms with van der Waals surface area (Å²) in [5, 5.41) is 12.2. The minimum atomic E-state index is 0.481. The maximum absolute atomic E-state index is 8.48.